The number of rotatable bonds is 7. The van der Waals surface area contributed by atoms with Crippen LogP contribution in [0.15, 0.2) is 48.8 Å². The average molecular weight is 387 g/mol. The Morgan fingerprint density at radius 2 is 2.04 bits per heavy atom. The highest BCUT2D eigenvalue weighted by Crippen LogP contribution is 2.20. The number of hydrogen-bond acceptors (Lipinski definition) is 4. The first-order valence-electron chi connectivity index (χ1n) is 9.05. The molecule has 1 aliphatic heterocycles. The number of amides is 2. The Bertz CT molecular complexity index is 767. The molecule has 0 aliphatic carbocycles. The van der Waals surface area contributed by atoms with E-state index in [9.17, 15) is 9.59 Å². The molecule has 27 heavy (non-hydrogen) atoms. The van der Waals surface area contributed by atoms with Crippen LogP contribution in [-0.2, 0) is 16.1 Å². The number of anilines is 1. The minimum atomic E-state index is -0.173. The summed E-state index contributed by atoms with van der Waals surface area (Å²) in [6, 6.07) is 11.2. The summed E-state index contributed by atoms with van der Waals surface area (Å²) in [6.07, 6.45) is 4.45. The lowest BCUT2D eigenvalue weighted by Gasteiger charge is -2.32. The molecule has 0 bridgehead atoms. The van der Waals surface area contributed by atoms with Crippen molar-refractivity contribution in [2.24, 2.45) is 5.92 Å². The van der Waals surface area contributed by atoms with Gasteiger partial charge in [-0.2, -0.15) is 0 Å². The number of hydrogen-bond donors (Lipinski definition) is 2. The van der Waals surface area contributed by atoms with Crippen molar-refractivity contribution >= 4 is 29.1 Å². The van der Waals surface area contributed by atoms with Crippen LogP contribution in [0.25, 0.3) is 0 Å². The number of carbonyl (C=O) groups is 2. The molecule has 1 aromatic heterocycles. The van der Waals surface area contributed by atoms with Crippen LogP contribution >= 0.6 is 11.6 Å². The van der Waals surface area contributed by atoms with E-state index in [0.717, 1.165) is 11.3 Å². The van der Waals surface area contributed by atoms with Crippen molar-refractivity contribution in [3.05, 3.63) is 59.4 Å². The van der Waals surface area contributed by atoms with Gasteiger partial charge in [-0.25, -0.2) is 0 Å². The SMILES string of the molecule is O=C(NCCNc1cccnc1)C1CCC(=O)N(Cc2ccc(Cl)cc2)C1. The van der Waals surface area contributed by atoms with Gasteiger partial charge in [0.2, 0.25) is 11.8 Å². The zero-order valence-corrected chi connectivity index (χ0v) is 15.8. The van der Waals surface area contributed by atoms with Gasteiger partial charge >= 0.3 is 0 Å². The first-order valence-corrected chi connectivity index (χ1v) is 9.43. The normalized spacial score (nSPS) is 16.9. The monoisotopic (exact) mass is 386 g/mol. The third-order valence-corrected chi connectivity index (χ3v) is 4.82. The van der Waals surface area contributed by atoms with Crippen LogP contribution in [-0.4, -0.2) is 41.3 Å². The van der Waals surface area contributed by atoms with Crippen molar-refractivity contribution in [3.63, 3.8) is 0 Å². The minimum Gasteiger partial charge on any atom is -0.382 e. The lowest BCUT2D eigenvalue weighted by Crippen LogP contribution is -2.46. The Kier molecular flexibility index (Phi) is 6.65. The molecule has 1 atom stereocenters. The molecule has 2 N–H and O–H groups in total. The number of nitrogens with zero attached hydrogens (tertiary/aromatic N) is 2. The fourth-order valence-electron chi connectivity index (χ4n) is 3.10. The number of aromatic nitrogens is 1. The Balaban J connectivity index is 1.45. The van der Waals surface area contributed by atoms with E-state index < -0.39 is 0 Å². The second-order valence-corrected chi connectivity index (χ2v) is 7.03. The smallest absolute Gasteiger partial charge is 0.224 e. The highest BCUT2D eigenvalue weighted by molar-refractivity contribution is 6.30. The van der Waals surface area contributed by atoms with Gasteiger partial charge in [0, 0.05) is 50.0 Å². The Morgan fingerprint density at radius 1 is 1.22 bits per heavy atom. The maximum Gasteiger partial charge on any atom is 0.224 e. The number of benzene rings is 1. The van der Waals surface area contributed by atoms with Gasteiger partial charge in [-0.05, 0) is 36.2 Å². The molecular weight excluding hydrogens is 364 g/mol. The van der Waals surface area contributed by atoms with Crippen molar-refractivity contribution < 1.29 is 9.59 Å². The third kappa shape index (κ3) is 5.69. The van der Waals surface area contributed by atoms with Crippen molar-refractivity contribution in [1.29, 1.82) is 0 Å². The van der Waals surface area contributed by atoms with Crippen molar-refractivity contribution in [2.75, 3.05) is 25.0 Å². The maximum absolute atomic E-state index is 12.5. The van der Waals surface area contributed by atoms with Gasteiger partial charge in [0.15, 0.2) is 0 Å². The van der Waals surface area contributed by atoms with Crippen LogP contribution in [0, 0.1) is 5.92 Å². The zero-order valence-electron chi connectivity index (χ0n) is 15.0. The molecule has 2 aromatic rings. The summed E-state index contributed by atoms with van der Waals surface area (Å²) in [5.41, 5.74) is 1.93. The molecular formula is C20H23ClN4O2. The first kappa shape index (κ1) is 19.2. The van der Waals surface area contributed by atoms with E-state index in [1.54, 1.807) is 17.3 Å². The van der Waals surface area contributed by atoms with Gasteiger partial charge in [-0.15, -0.1) is 0 Å². The molecule has 1 aliphatic rings. The molecule has 6 nitrogen and oxygen atoms in total. The number of carbonyl (C=O) groups excluding carboxylic acids is 2. The summed E-state index contributed by atoms with van der Waals surface area (Å²) >= 11 is 5.91. The quantitative estimate of drug-likeness (QED) is 0.717. The fraction of sp³-hybridized carbons (Fsp3) is 0.350. The summed E-state index contributed by atoms with van der Waals surface area (Å²) in [7, 11) is 0. The third-order valence-electron chi connectivity index (χ3n) is 4.57. The van der Waals surface area contributed by atoms with Crippen LogP contribution in [0.3, 0.4) is 0 Å². The first-order chi connectivity index (χ1) is 13.1. The highest BCUT2D eigenvalue weighted by atomic mass is 35.5. The second-order valence-electron chi connectivity index (χ2n) is 6.60. The molecule has 3 rings (SSSR count). The van der Waals surface area contributed by atoms with Gasteiger partial charge in [-0.3, -0.25) is 14.6 Å². The van der Waals surface area contributed by atoms with Crippen LogP contribution < -0.4 is 10.6 Å². The number of nitrogens with one attached hydrogen (secondary N) is 2. The molecule has 7 heteroatoms. The lowest BCUT2D eigenvalue weighted by atomic mass is 9.96. The molecule has 142 valence electrons. The number of halogens is 1. The molecule has 0 saturated carbocycles. The van der Waals surface area contributed by atoms with Gasteiger partial charge in [0.05, 0.1) is 11.6 Å². The molecule has 1 saturated heterocycles. The van der Waals surface area contributed by atoms with E-state index in [-0.39, 0.29) is 17.7 Å². The average Bonchev–Trinajstić information content (AvgIpc) is 2.69. The van der Waals surface area contributed by atoms with Gasteiger partial charge in [0.1, 0.15) is 0 Å². The second kappa shape index (κ2) is 9.37. The number of piperidine rings is 1. The van der Waals surface area contributed by atoms with Crippen LogP contribution in [0.1, 0.15) is 18.4 Å². The topological polar surface area (TPSA) is 74.3 Å². The van der Waals surface area contributed by atoms with Gasteiger partial charge in [0.25, 0.3) is 0 Å². The number of likely N-dealkylation sites (tertiary alicyclic amines) is 1. The van der Waals surface area contributed by atoms with E-state index in [2.05, 4.69) is 15.6 Å². The molecule has 0 spiro atoms. The van der Waals surface area contributed by atoms with Crippen molar-refractivity contribution in [1.82, 2.24) is 15.2 Å². The van der Waals surface area contributed by atoms with E-state index in [0.29, 0.717) is 44.0 Å². The van der Waals surface area contributed by atoms with E-state index >= 15 is 0 Å². The molecule has 1 unspecified atom stereocenters. The minimum absolute atomic E-state index is 0.00315. The fourth-order valence-corrected chi connectivity index (χ4v) is 3.22. The maximum atomic E-state index is 12.5. The summed E-state index contributed by atoms with van der Waals surface area (Å²) in [5.74, 6) is -0.0859. The summed E-state index contributed by atoms with van der Waals surface area (Å²) in [6.45, 7) is 2.10. The van der Waals surface area contributed by atoms with Crippen molar-refractivity contribution in [3.8, 4) is 0 Å². The van der Waals surface area contributed by atoms with E-state index in [4.69, 9.17) is 11.6 Å². The Hall–Kier alpha value is -2.60. The molecule has 1 aromatic carbocycles. The van der Waals surface area contributed by atoms with Crippen LogP contribution in [0.4, 0.5) is 5.69 Å². The molecule has 1 fully saturated rings. The Labute approximate surface area is 163 Å². The van der Waals surface area contributed by atoms with Crippen LogP contribution in [0.5, 0.6) is 0 Å². The predicted octanol–water partition coefficient (Wildman–Crippen LogP) is 2.70. The van der Waals surface area contributed by atoms with Gasteiger partial charge < -0.3 is 15.5 Å². The van der Waals surface area contributed by atoms with E-state index in [1.807, 2.05) is 36.4 Å². The Morgan fingerprint density at radius 3 is 2.78 bits per heavy atom. The largest absolute Gasteiger partial charge is 0.382 e. The van der Waals surface area contributed by atoms with E-state index in [1.165, 1.54) is 0 Å². The summed E-state index contributed by atoms with van der Waals surface area (Å²) in [4.78, 5) is 30.4. The highest BCUT2D eigenvalue weighted by Gasteiger charge is 2.29. The lowest BCUT2D eigenvalue weighted by molar-refractivity contribution is -0.138. The zero-order chi connectivity index (χ0) is 19.1. The molecule has 2 amide bonds. The number of pyridine rings is 1. The van der Waals surface area contributed by atoms with Crippen molar-refractivity contribution in [2.45, 2.75) is 19.4 Å². The van der Waals surface area contributed by atoms with Gasteiger partial charge in [-0.1, -0.05) is 23.7 Å². The molecule has 0 radical (unpaired) electrons. The standard InChI is InChI=1S/C20H23ClN4O2/c21-17-6-3-15(4-7-17)13-25-14-16(5-8-19(25)26)20(27)24-11-10-23-18-2-1-9-22-12-18/h1-4,6-7,9,12,16,23H,5,8,10-11,13-14H2,(H,24,27). The summed E-state index contributed by atoms with van der Waals surface area (Å²) < 4.78 is 0. The van der Waals surface area contributed by atoms with Crippen LogP contribution in [0.2, 0.25) is 5.02 Å². The molecule has 2 heterocycles. The predicted molar refractivity (Wildman–Crippen MR) is 105 cm³/mol. The summed E-state index contributed by atoms with van der Waals surface area (Å²) in [5, 5.41) is 6.82.